The van der Waals surface area contributed by atoms with E-state index in [1.807, 2.05) is 0 Å². The lowest BCUT2D eigenvalue weighted by Gasteiger charge is -2.43. The Labute approximate surface area is 118 Å². The fourth-order valence-electron chi connectivity index (χ4n) is 3.42. The van der Waals surface area contributed by atoms with E-state index in [0.717, 1.165) is 0 Å². The van der Waals surface area contributed by atoms with Crippen molar-refractivity contribution in [1.29, 1.82) is 0 Å². The third-order valence-corrected chi connectivity index (χ3v) is 10.4. The summed E-state index contributed by atoms with van der Waals surface area (Å²) in [6, 6.07) is 0. The van der Waals surface area contributed by atoms with Crippen LogP contribution in [0.3, 0.4) is 0 Å². The maximum atomic E-state index is 9.80. The molecule has 0 aromatic carbocycles. The molecule has 5 heteroatoms. The molecule has 1 rings (SSSR count). The second-order valence-electron chi connectivity index (χ2n) is 6.50. The predicted octanol–water partition coefficient (Wildman–Crippen LogP) is 2.81. The van der Waals surface area contributed by atoms with Gasteiger partial charge >= 0.3 is 0 Å². The summed E-state index contributed by atoms with van der Waals surface area (Å²) in [4.78, 5) is 0. The van der Waals surface area contributed by atoms with Gasteiger partial charge in [-0.05, 0) is 16.6 Å². The Morgan fingerprint density at radius 2 is 1.63 bits per heavy atom. The molecule has 1 saturated heterocycles. The van der Waals surface area contributed by atoms with Crippen molar-refractivity contribution in [3.63, 3.8) is 0 Å². The molecule has 0 amide bonds. The Balaban J connectivity index is 2.79. The maximum Gasteiger partial charge on any atom is 0.200 e. The first kappa shape index (κ1) is 17.1. The first-order chi connectivity index (χ1) is 8.64. The third kappa shape index (κ3) is 3.39. The number of ether oxygens (including phenoxy) is 1. The highest BCUT2D eigenvalue weighted by Gasteiger charge is 2.48. The Kier molecular flexibility index (Phi) is 5.60. The molecule has 0 aliphatic carbocycles. The van der Waals surface area contributed by atoms with Crippen LogP contribution in [0.1, 0.15) is 48.0 Å². The highest BCUT2D eigenvalue weighted by atomic mass is 28.4. The normalized spacial score (nSPS) is 23.8. The minimum absolute atomic E-state index is 0.140. The van der Waals surface area contributed by atoms with Crippen LogP contribution in [0.2, 0.25) is 16.6 Å². The second kappa shape index (κ2) is 6.22. The number of hydrogen-bond acceptors (Lipinski definition) is 4. The van der Waals surface area contributed by atoms with Crippen molar-refractivity contribution in [2.24, 2.45) is 0 Å². The lowest BCUT2D eigenvalue weighted by Crippen LogP contribution is -2.51. The second-order valence-corrected chi connectivity index (χ2v) is 12.0. The van der Waals surface area contributed by atoms with E-state index in [9.17, 15) is 10.2 Å². The maximum absolute atomic E-state index is 9.80. The van der Waals surface area contributed by atoms with Crippen LogP contribution >= 0.6 is 0 Å². The molecule has 0 saturated carbocycles. The average Bonchev–Trinajstić information content (AvgIpc) is 2.57. The Bertz CT molecular complexity index is 267. The van der Waals surface area contributed by atoms with E-state index >= 15 is 0 Å². The minimum atomic E-state index is -1.97. The van der Waals surface area contributed by atoms with Gasteiger partial charge in [0.15, 0.2) is 14.1 Å². The molecule has 0 aromatic rings. The first-order valence-corrected chi connectivity index (χ1v) is 9.34. The van der Waals surface area contributed by atoms with Crippen LogP contribution in [0.5, 0.6) is 0 Å². The zero-order chi connectivity index (χ0) is 14.8. The molecular weight excluding hydrogens is 260 g/mol. The summed E-state index contributed by atoms with van der Waals surface area (Å²) in [6.07, 6.45) is -0.531. The van der Waals surface area contributed by atoms with Crippen molar-refractivity contribution in [1.82, 2.24) is 0 Å². The van der Waals surface area contributed by atoms with Crippen LogP contribution < -0.4 is 0 Å². The van der Waals surface area contributed by atoms with E-state index in [2.05, 4.69) is 41.5 Å². The van der Waals surface area contributed by atoms with Crippen molar-refractivity contribution in [2.75, 3.05) is 6.61 Å². The lowest BCUT2D eigenvalue weighted by atomic mass is 10.1. The van der Waals surface area contributed by atoms with Gasteiger partial charge in [0, 0.05) is 6.42 Å². The zero-order valence-electron chi connectivity index (χ0n) is 13.0. The van der Waals surface area contributed by atoms with Gasteiger partial charge in [-0.15, -0.1) is 0 Å². The highest BCUT2D eigenvalue weighted by molar-refractivity contribution is 6.77. The van der Waals surface area contributed by atoms with Gasteiger partial charge in [-0.1, -0.05) is 41.5 Å². The van der Waals surface area contributed by atoms with Crippen LogP contribution in [-0.2, 0) is 9.16 Å². The first-order valence-electron chi connectivity index (χ1n) is 7.20. The van der Waals surface area contributed by atoms with Crippen LogP contribution in [0, 0.1) is 6.61 Å². The molecule has 0 bridgehead atoms. The molecule has 1 unspecified atom stereocenters. The largest absolute Gasteiger partial charge is 0.413 e. The van der Waals surface area contributed by atoms with E-state index in [1.165, 1.54) is 6.61 Å². The third-order valence-electron chi connectivity index (χ3n) is 4.35. The van der Waals surface area contributed by atoms with Crippen molar-refractivity contribution in [2.45, 2.75) is 76.5 Å². The fourth-order valence-corrected chi connectivity index (χ4v) is 8.86. The van der Waals surface area contributed by atoms with Gasteiger partial charge in [0.1, 0.15) is 6.10 Å². The summed E-state index contributed by atoms with van der Waals surface area (Å²) in [5, 5.41) is 19.6. The van der Waals surface area contributed by atoms with Gasteiger partial charge in [0.25, 0.3) is 0 Å². The fraction of sp³-hybridized carbons (Fsp3) is 0.929. The molecule has 1 heterocycles. The monoisotopic (exact) mass is 289 g/mol. The van der Waals surface area contributed by atoms with E-state index in [-0.39, 0.29) is 13.0 Å². The quantitative estimate of drug-likeness (QED) is 0.583. The highest BCUT2D eigenvalue weighted by Crippen LogP contribution is 2.43. The lowest BCUT2D eigenvalue weighted by molar-refractivity contribution is -0.199. The van der Waals surface area contributed by atoms with Gasteiger partial charge in [0.05, 0.1) is 13.2 Å². The summed E-state index contributed by atoms with van der Waals surface area (Å²) >= 11 is 0. The van der Waals surface area contributed by atoms with Crippen LogP contribution in [0.25, 0.3) is 0 Å². The topological polar surface area (TPSA) is 58.9 Å². The Morgan fingerprint density at radius 3 is 1.95 bits per heavy atom. The summed E-state index contributed by atoms with van der Waals surface area (Å²) in [5.74, 6) is -1.79. The molecule has 1 aliphatic heterocycles. The van der Waals surface area contributed by atoms with E-state index in [1.54, 1.807) is 0 Å². The van der Waals surface area contributed by atoms with E-state index in [4.69, 9.17) is 9.16 Å². The Morgan fingerprint density at radius 1 is 1.16 bits per heavy atom. The van der Waals surface area contributed by atoms with E-state index < -0.39 is 20.2 Å². The molecule has 4 nitrogen and oxygen atoms in total. The molecule has 19 heavy (non-hydrogen) atoms. The van der Waals surface area contributed by atoms with Crippen molar-refractivity contribution < 1.29 is 19.4 Å². The standard InChI is InChI=1S/C14H29O4Si/c1-10(2)19(11(3)4,12(5)6)18-9-13-14(15,16)7-8-17-13/h8,10-13,15-16H,7,9H2,1-6H3. The van der Waals surface area contributed by atoms with Gasteiger partial charge in [-0.2, -0.15) is 0 Å². The van der Waals surface area contributed by atoms with Gasteiger partial charge < -0.3 is 19.4 Å². The smallest absolute Gasteiger partial charge is 0.200 e. The van der Waals surface area contributed by atoms with Gasteiger partial charge in [-0.3, -0.25) is 0 Å². The molecule has 1 fully saturated rings. The molecule has 0 spiro atoms. The molecule has 1 atom stereocenters. The molecule has 1 aliphatic rings. The number of rotatable bonds is 6. The van der Waals surface area contributed by atoms with Crippen LogP contribution in [-0.4, -0.2) is 37.0 Å². The SMILES string of the molecule is CC(C)[Si](OCC1O[CH]CC1(O)O)(C(C)C)C(C)C. The zero-order valence-corrected chi connectivity index (χ0v) is 14.0. The van der Waals surface area contributed by atoms with Crippen molar-refractivity contribution in [3.05, 3.63) is 6.61 Å². The summed E-state index contributed by atoms with van der Waals surface area (Å²) in [6.45, 7) is 15.0. The summed E-state index contributed by atoms with van der Waals surface area (Å²) in [7, 11) is -1.97. The van der Waals surface area contributed by atoms with Crippen LogP contribution in [0.15, 0.2) is 0 Å². The molecular formula is C14H29O4Si. The minimum Gasteiger partial charge on any atom is -0.413 e. The Hall–Kier alpha value is 0.0569. The van der Waals surface area contributed by atoms with Gasteiger partial charge in [0.2, 0.25) is 0 Å². The van der Waals surface area contributed by atoms with Gasteiger partial charge in [-0.25, -0.2) is 0 Å². The average molecular weight is 289 g/mol. The molecule has 2 N–H and O–H groups in total. The molecule has 0 aromatic heterocycles. The van der Waals surface area contributed by atoms with Crippen LogP contribution in [0.4, 0.5) is 0 Å². The number of hydrogen-bond donors (Lipinski definition) is 2. The predicted molar refractivity (Wildman–Crippen MR) is 78.0 cm³/mol. The summed E-state index contributed by atoms with van der Waals surface area (Å²) in [5.41, 5.74) is 1.43. The molecule has 113 valence electrons. The molecule has 1 radical (unpaired) electrons. The summed E-state index contributed by atoms with van der Waals surface area (Å²) < 4.78 is 11.6. The van der Waals surface area contributed by atoms with E-state index in [0.29, 0.717) is 16.6 Å². The van der Waals surface area contributed by atoms with Crippen molar-refractivity contribution >= 4 is 8.32 Å². The van der Waals surface area contributed by atoms with Crippen molar-refractivity contribution in [3.8, 4) is 0 Å². The number of aliphatic hydroxyl groups is 2.